The van der Waals surface area contributed by atoms with E-state index in [9.17, 15) is 14.4 Å². The second-order valence-corrected chi connectivity index (χ2v) is 9.76. The maximum absolute atomic E-state index is 13.7. The fraction of sp³-hybridized carbons (Fsp3) is 0.423. The standard InChI is InChI=1S/C26H29N3O3/c1-15(2)13-20-21-22(24(31)29(23(21)30)12-11-17-7-5-4-6-8-17)26(28-20)18-14-16(3)9-10-19(18)27-25(26)32/h4-10,14-15,20-22,28H,11-13H2,1-3H3,(H,27,32). The molecule has 3 amide bonds. The van der Waals surface area contributed by atoms with E-state index < -0.39 is 17.4 Å². The highest BCUT2D eigenvalue weighted by Gasteiger charge is 2.70. The second-order valence-electron chi connectivity index (χ2n) is 9.76. The van der Waals surface area contributed by atoms with E-state index in [0.717, 1.165) is 28.8 Å². The summed E-state index contributed by atoms with van der Waals surface area (Å²) in [5.41, 5.74) is 2.41. The van der Waals surface area contributed by atoms with E-state index in [0.29, 0.717) is 18.9 Å². The number of imide groups is 1. The van der Waals surface area contributed by atoms with Crippen LogP contribution in [0.25, 0.3) is 0 Å². The zero-order valence-corrected chi connectivity index (χ0v) is 18.7. The molecule has 0 aromatic heterocycles. The van der Waals surface area contributed by atoms with E-state index in [1.165, 1.54) is 4.90 Å². The number of carbonyl (C=O) groups is 3. The van der Waals surface area contributed by atoms with Gasteiger partial charge in [0.25, 0.3) is 0 Å². The van der Waals surface area contributed by atoms with Gasteiger partial charge in [0.15, 0.2) is 0 Å². The maximum atomic E-state index is 13.7. The third-order valence-corrected chi connectivity index (χ3v) is 7.15. The van der Waals surface area contributed by atoms with Gasteiger partial charge in [-0.05, 0) is 37.3 Å². The Morgan fingerprint density at radius 3 is 2.50 bits per heavy atom. The van der Waals surface area contributed by atoms with E-state index in [2.05, 4.69) is 24.5 Å². The van der Waals surface area contributed by atoms with Crippen LogP contribution in [0.5, 0.6) is 0 Å². The number of amides is 3. The van der Waals surface area contributed by atoms with Crippen LogP contribution in [-0.2, 0) is 26.3 Å². The Balaban J connectivity index is 1.54. The number of likely N-dealkylation sites (tertiary alicyclic amines) is 1. The molecule has 3 aliphatic rings. The summed E-state index contributed by atoms with van der Waals surface area (Å²) in [6.07, 6.45) is 1.33. The lowest BCUT2D eigenvalue weighted by molar-refractivity contribution is -0.142. The molecule has 2 aromatic rings. The van der Waals surface area contributed by atoms with E-state index in [-0.39, 0.29) is 23.8 Å². The Morgan fingerprint density at radius 2 is 1.78 bits per heavy atom. The number of hydrogen-bond acceptors (Lipinski definition) is 4. The Kier molecular flexibility index (Phi) is 4.93. The fourth-order valence-electron chi connectivity index (χ4n) is 5.79. The summed E-state index contributed by atoms with van der Waals surface area (Å²) in [6, 6.07) is 15.4. The number of fused-ring (bicyclic) bond motifs is 4. The van der Waals surface area contributed by atoms with Gasteiger partial charge in [-0.25, -0.2) is 0 Å². The molecule has 32 heavy (non-hydrogen) atoms. The number of rotatable bonds is 5. The van der Waals surface area contributed by atoms with Gasteiger partial charge in [-0.2, -0.15) is 0 Å². The van der Waals surface area contributed by atoms with Gasteiger partial charge in [-0.15, -0.1) is 0 Å². The van der Waals surface area contributed by atoms with E-state index in [4.69, 9.17) is 0 Å². The summed E-state index contributed by atoms with van der Waals surface area (Å²) in [5, 5.41) is 6.48. The minimum Gasteiger partial charge on any atom is -0.324 e. The van der Waals surface area contributed by atoms with Gasteiger partial charge < -0.3 is 5.32 Å². The molecule has 0 bridgehead atoms. The Hall–Kier alpha value is -2.99. The first-order valence-electron chi connectivity index (χ1n) is 11.4. The van der Waals surface area contributed by atoms with Crippen molar-refractivity contribution in [3.05, 3.63) is 65.2 Å². The average Bonchev–Trinajstić information content (AvgIpc) is 3.32. The number of benzene rings is 2. The number of aryl methyl sites for hydroxylation is 1. The maximum Gasteiger partial charge on any atom is 0.250 e. The zero-order valence-electron chi connectivity index (χ0n) is 18.7. The van der Waals surface area contributed by atoms with Crippen molar-refractivity contribution in [3.63, 3.8) is 0 Å². The molecule has 0 aliphatic carbocycles. The van der Waals surface area contributed by atoms with Crippen molar-refractivity contribution in [1.82, 2.24) is 10.2 Å². The second kappa shape index (κ2) is 7.55. The summed E-state index contributed by atoms with van der Waals surface area (Å²) in [5.74, 6) is -1.55. The molecular formula is C26H29N3O3. The van der Waals surface area contributed by atoms with Gasteiger partial charge in [0.1, 0.15) is 5.54 Å². The van der Waals surface area contributed by atoms with Crippen LogP contribution in [0.4, 0.5) is 5.69 Å². The fourth-order valence-corrected chi connectivity index (χ4v) is 5.79. The van der Waals surface area contributed by atoms with Gasteiger partial charge in [-0.1, -0.05) is 61.9 Å². The summed E-state index contributed by atoms with van der Waals surface area (Å²) < 4.78 is 0. The smallest absolute Gasteiger partial charge is 0.250 e. The van der Waals surface area contributed by atoms with Gasteiger partial charge >= 0.3 is 0 Å². The Morgan fingerprint density at radius 1 is 1.03 bits per heavy atom. The molecule has 3 heterocycles. The summed E-state index contributed by atoms with van der Waals surface area (Å²) >= 11 is 0. The molecule has 6 nitrogen and oxygen atoms in total. The van der Waals surface area contributed by atoms with Crippen LogP contribution < -0.4 is 10.6 Å². The van der Waals surface area contributed by atoms with Crippen molar-refractivity contribution in [2.24, 2.45) is 17.8 Å². The van der Waals surface area contributed by atoms with Crippen molar-refractivity contribution >= 4 is 23.4 Å². The minimum atomic E-state index is -1.19. The molecule has 1 spiro atoms. The van der Waals surface area contributed by atoms with Crippen molar-refractivity contribution in [3.8, 4) is 0 Å². The topological polar surface area (TPSA) is 78.5 Å². The highest BCUT2D eigenvalue weighted by molar-refractivity contribution is 6.15. The van der Waals surface area contributed by atoms with Crippen LogP contribution in [-0.4, -0.2) is 35.2 Å². The van der Waals surface area contributed by atoms with Crippen LogP contribution >= 0.6 is 0 Å². The van der Waals surface area contributed by atoms with Crippen LogP contribution in [0.3, 0.4) is 0 Å². The normalized spacial score (nSPS) is 28.6. The predicted molar refractivity (Wildman–Crippen MR) is 122 cm³/mol. The van der Waals surface area contributed by atoms with Crippen LogP contribution in [0.2, 0.25) is 0 Å². The molecule has 2 aromatic carbocycles. The number of anilines is 1. The zero-order chi connectivity index (χ0) is 22.6. The lowest BCUT2D eigenvalue weighted by Gasteiger charge is -2.30. The van der Waals surface area contributed by atoms with Gasteiger partial charge in [0.05, 0.1) is 11.8 Å². The largest absolute Gasteiger partial charge is 0.324 e. The number of nitrogens with zero attached hydrogens (tertiary/aromatic N) is 1. The first kappa shape index (κ1) is 20.9. The molecule has 166 valence electrons. The highest BCUT2D eigenvalue weighted by Crippen LogP contribution is 2.53. The quantitative estimate of drug-likeness (QED) is 0.714. The Bertz CT molecular complexity index is 1100. The van der Waals surface area contributed by atoms with Crippen molar-refractivity contribution in [2.45, 2.75) is 45.2 Å². The predicted octanol–water partition coefficient (Wildman–Crippen LogP) is 3.00. The van der Waals surface area contributed by atoms with E-state index in [1.54, 1.807) is 0 Å². The van der Waals surface area contributed by atoms with E-state index >= 15 is 0 Å². The molecular weight excluding hydrogens is 402 g/mol. The van der Waals surface area contributed by atoms with Gasteiger partial charge in [0, 0.05) is 23.8 Å². The van der Waals surface area contributed by atoms with Crippen molar-refractivity contribution < 1.29 is 14.4 Å². The van der Waals surface area contributed by atoms with Crippen LogP contribution in [0.1, 0.15) is 37.0 Å². The van der Waals surface area contributed by atoms with Gasteiger partial charge in [0.2, 0.25) is 17.7 Å². The SMILES string of the molecule is Cc1ccc2c(c1)C1(NC(CC(C)C)C3C(=O)N(CCc4ccccc4)C(=O)C31)C(=O)N2. The van der Waals surface area contributed by atoms with Crippen LogP contribution in [0, 0.1) is 24.7 Å². The van der Waals surface area contributed by atoms with E-state index in [1.807, 2.05) is 55.5 Å². The number of nitrogens with one attached hydrogen (secondary N) is 2. The van der Waals surface area contributed by atoms with Crippen LogP contribution in [0.15, 0.2) is 48.5 Å². The molecule has 4 atom stereocenters. The molecule has 4 unspecified atom stereocenters. The molecule has 3 aliphatic heterocycles. The Labute approximate surface area is 188 Å². The van der Waals surface area contributed by atoms with Crippen molar-refractivity contribution in [1.29, 1.82) is 0 Å². The lowest BCUT2D eigenvalue weighted by Crippen LogP contribution is -2.53. The number of hydrogen-bond donors (Lipinski definition) is 2. The number of carbonyl (C=O) groups excluding carboxylic acids is 3. The molecule has 6 heteroatoms. The third-order valence-electron chi connectivity index (χ3n) is 7.15. The summed E-state index contributed by atoms with van der Waals surface area (Å²) in [7, 11) is 0. The third kappa shape index (κ3) is 3.00. The molecule has 5 rings (SSSR count). The molecule has 2 N–H and O–H groups in total. The first-order chi connectivity index (χ1) is 15.3. The molecule has 2 saturated heterocycles. The summed E-state index contributed by atoms with van der Waals surface area (Å²) in [6.45, 7) is 6.51. The lowest BCUT2D eigenvalue weighted by atomic mass is 9.76. The average molecular weight is 432 g/mol. The molecule has 0 saturated carbocycles. The highest BCUT2D eigenvalue weighted by atomic mass is 16.2. The van der Waals surface area contributed by atoms with Gasteiger partial charge in [-0.3, -0.25) is 24.6 Å². The van der Waals surface area contributed by atoms with Crippen molar-refractivity contribution in [2.75, 3.05) is 11.9 Å². The molecule has 2 fully saturated rings. The minimum absolute atomic E-state index is 0.153. The molecule has 0 radical (unpaired) electrons. The first-order valence-corrected chi connectivity index (χ1v) is 11.4. The summed E-state index contributed by atoms with van der Waals surface area (Å²) in [4.78, 5) is 42.1. The monoisotopic (exact) mass is 431 g/mol.